The lowest BCUT2D eigenvalue weighted by Crippen LogP contribution is -2.24. The number of hydrogen-bond acceptors (Lipinski definition) is 2. The van der Waals surface area contributed by atoms with E-state index in [0.29, 0.717) is 6.04 Å². The van der Waals surface area contributed by atoms with Gasteiger partial charge in [-0.15, -0.1) is 0 Å². The Hall–Kier alpha value is -0.150. The van der Waals surface area contributed by atoms with E-state index in [4.69, 9.17) is 0 Å². The van der Waals surface area contributed by atoms with Gasteiger partial charge in [0.1, 0.15) is 0 Å². The molecule has 1 heterocycles. The second-order valence-electron chi connectivity index (χ2n) is 4.19. The molecule has 1 saturated heterocycles. The average Bonchev–Trinajstić information content (AvgIpc) is 2.33. The number of nitrogens with one attached hydrogen (secondary N) is 1. The Labute approximate surface area is 111 Å². The van der Waals surface area contributed by atoms with E-state index in [1.54, 1.807) is 0 Å². The predicted octanol–water partition coefficient (Wildman–Crippen LogP) is 4.32. The number of aryl methyl sites for hydroxylation is 1. The van der Waals surface area contributed by atoms with Crippen LogP contribution in [0.2, 0.25) is 0 Å². The van der Waals surface area contributed by atoms with Gasteiger partial charge in [0.25, 0.3) is 0 Å². The average molecular weight is 300 g/mol. The molecular formula is C13H18BrNS. The summed E-state index contributed by atoms with van der Waals surface area (Å²) in [6.07, 6.45) is 3.68. The van der Waals surface area contributed by atoms with Crippen LogP contribution in [0.1, 0.15) is 25.3 Å². The molecule has 88 valence electrons. The smallest absolute Gasteiger partial charge is 0.0375 e. The van der Waals surface area contributed by atoms with Gasteiger partial charge in [0.05, 0.1) is 0 Å². The first-order valence-electron chi connectivity index (χ1n) is 5.92. The number of thioether (sulfide) groups is 1. The van der Waals surface area contributed by atoms with Gasteiger partial charge >= 0.3 is 0 Å². The normalized spacial score (nSPS) is 17.4. The van der Waals surface area contributed by atoms with Crippen LogP contribution >= 0.6 is 27.7 Å². The first kappa shape index (κ1) is 12.3. The van der Waals surface area contributed by atoms with Crippen molar-refractivity contribution >= 4 is 33.4 Å². The molecule has 1 aromatic rings. The highest BCUT2D eigenvalue weighted by Gasteiger charge is 2.14. The van der Waals surface area contributed by atoms with E-state index >= 15 is 0 Å². The Balaban J connectivity index is 2.07. The van der Waals surface area contributed by atoms with Crippen LogP contribution in [0.15, 0.2) is 22.7 Å². The van der Waals surface area contributed by atoms with Crippen molar-refractivity contribution in [1.82, 2.24) is 0 Å². The number of hydrogen-bond donors (Lipinski definition) is 1. The Kier molecular flexibility index (Phi) is 4.59. The van der Waals surface area contributed by atoms with Crippen LogP contribution in [0.25, 0.3) is 0 Å². The summed E-state index contributed by atoms with van der Waals surface area (Å²) in [6.45, 7) is 2.21. The van der Waals surface area contributed by atoms with Gasteiger partial charge < -0.3 is 5.32 Å². The molecule has 0 radical (unpaired) electrons. The quantitative estimate of drug-likeness (QED) is 0.892. The molecule has 3 heteroatoms. The highest BCUT2D eigenvalue weighted by Crippen LogP contribution is 2.25. The maximum absolute atomic E-state index is 3.69. The van der Waals surface area contributed by atoms with Crippen LogP contribution in [0.3, 0.4) is 0 Å². The van der Waals surface area contributed by atoms with E-state index in [0.717, 1.165) is 6.42 Å². The molecule has 1 aromatic carbocycles. The number of rotatable bonds is 3. The lowest BCUT2D eigenvalue weighted by molar-refractivity contribution is 0.666. The van der Waals surface area contributed by atoms with Gasteiger partial charge in [0, 0.05) is 16.2 Å². The lowest BCUT2D eigenvalue weighted by atomic mass is 10.1. The zero-order valence-electron chi connectivity index (χ0n) is 9.63. The second-order valence-corrected chi connectivity index (χ2v) is 6.33. The fourth-order valence-corrected chi connectivity index (χ4v) is 3.57. The molecule has 0 saturated carbocycles. The van der Waals surface area contributed by atoms with E-state index in [2.05, 4.69) is 58.1 Å². The van der Waals surface area contributed by atoms with Crippen molar-refractivity contribution in [3.05, 3.63) is 28.2 Å². The molecule has 1 fully saturated rings. The van der Waals surface area contributed by atoms with Crippen molar-refractivity contribution in [3.63, 3.8) is 0 Å². The molecule has 0 aromatic heterocycles. The van der Waals surface area contributed by atoms with Gasteiger partial charge in [-0.3, -0.25) is 0 Å². The van der Waals surface area contributed by atoms with Crippen molar-refractivity contribution in [2.45, 2.75) is 32.2 Å². The van der Waals surface area contributed by atoms with Crippen LogP contribution in [-0.2, 0) is 6.42 Å². The van der Waals surface area contributed by atoms with Crippen molar-refractivity contribution in [3.8, 4) is 0 Å². The SMILES string of the molecule is CCc1cc(Br)ccc1NC1CCSCC1. The Morgan fingerprint density at radius 3 is 2.81 bits per heavy atom. The second kappa shape index (κ2) is 5.97. The summed E-state index contributed by atoms with van der Waals surface area (Å²) < 4.78 is 1.18. The first-order valence-corrected chi connectivity index (χ1v) is 7.87. The van der Waals surface area contributed by atoms with Gasteiger partial charge in [-0.05, 0) is 54.5 Å². The van der Waals surface area contributed by atoms with Crippen molar-refractivity contribution in [2.75, 3.05) is 16.8 Å². The third kappa shape index (κ3) is 3.17. The third-order valence-corrected chi connectivity index (χ3v) is 4.57. The van der Waals surface area contributed by atoms with Crippen molar-refractivity contribution in [1.29, 1.82) is 0 Å². The van der Waals surface area contributed by atoms with Crippen LogP contribution in [-0.4, -0.2) is 17.5 Å². The summed E-state index contributed by atoms with van der Waals surface area (Å²) >= 11 is 5.61. The standard InChI is InChI=1S/C13H18BrNS/c1-2-10-9-11(14)3-4-13(10)15-12-5-7-16-8-6-12/h3-4,9,12,15H,2,5-8H2,1H3. The minimum absolute atomic E-state index is 0.674. The highest BCUT2D eigenvalue weighted by molar-refractivity contribution is 9.10. The summed E-state index contributed by atoms with van der Waals surface area (Å²) in [6, 6.07) is 7.22. The maximum Gasteiger partial charge on any atom is 0.0375 e. The summed E-state index contributed by atoms with van der Waals surface area (Å²) in [4.78, 5) is 0. The van der Waals surface area contributed by atoms with Gasteiger partial charge in [-0.1, -0.05) is 22.9 Å². The molecule has 0 amide bonds. The third-order valence-electron chi connectivity index (χ3n) is 3.03. The lowest BCUT2D eigenvalue weighted by Gasteiger charge is -2.25. The van der Waals surface area contributed by atoms with E-state index in [1.165, 1.54) is 40.1 Å². The molecular weight excluding hydrogens is 282 g/mol. The summed E-state index contributed by atoms with van der Waals surface area (Å²) in [5.74, 6) is 2.60. The Morgan fingerprint density at radius 1 is 1.38 bits per heavy atom. The zero-order valence-corrected chi connectivity index (χ0v) is 12.0. The van der Waals surface area contributed by atoms with Crippen molar-refractivity contribution in [2.24, 2.45) is 0 Å². The molecule has 1 aliphatic heterocycles. The molecule has 2 rings (SSSR count). The summed E-state index contributed by atoms with van der Waals surface area (Å²) in [7, 11) is 0. The Bertz CT molecular complexity index is 348. The molecule has 1 N–H and O–H groups in total. The molecule has 0 unspecified atom stereocenters. The molecule has 0 spiro atoms. The molecule has 16 heavy (non-hydrogen) atoms. The maximum atomic E-state index is 3.69. The van der Waals surface area contributed by atoms with Crippen LogP contribution in [0.4, 0.5) is 5.69 Å². The van der Waals surface area contributed by atoms with Gasteiger partial charge in [-0.25, -0.2) is 0 Å². The fourth-order valence-electron chi connectivity index (χ4n) is 2.06. The topological polar surface area (TPSA) is 12.0 Å². The zero-order chi connectivity index (χ0) is 11.4. The van der Waals surface area contributed by atoms with Crippen LogP contribution in [0.5, 0.6) is 0 Å². The number of halogens is 1. The number of benzene rings is 1. The molecule has 0 aliphatic carbocycles. The molecule has 1 aliphatic rings. The largest absolute Gasteiger partial charge is 0.382 e. The minimum atomic E-state index is 0.674. The van der Waals surface area contributed by atoms with Gasteiger partial charge in [0.15, 0.2) is 0 Å². The van der Waals surface area contributed by atoms with Gasteiger partial charge in [-0.2, -0.15) is 11.8 Å². The molecule has 1 nitrogen and oxygen atoms in total. The van der Waals surface area contributed by atoms with E-state index in [9.17, 15) is 0 Å². The van der Waals surface area contributed by atoms with Crippen molar-refractivity contribution < 1.29 is 0 Å². The first-order chi connectivity index (χ1) is 7.79. The summed E-state index contributed by atoms with van der Waals surface area (Å²) in [5, 5.41) is 3.69. The number of anilines is 1. The fraction of sp³-hybridized carbons (Fsp3) is 0.538. The van der Waals surface area contributed by atoms with Crippen LogP contribution < -0.4 is 5.32 Å². The minimum Gasteiger partial charge on any atom is -0.382 e. The summed E-state index contributed by atoms with van der Waals surface area (Å²) in [5.41, 5.74) is 2.73. The van der Waals surface area contributed by atoms with E-state index < -0.39 is 0 Å². The Morgan fingerprint density at radius 2 is 2.12 bits per heavy atom. The van der Waals surface area contributed by atoms with E-state index in [1.807, 2.05) is 0 Å². The monoisotopic (exact) mass is 299 g/mol. The highest BCUT2D eigenvalue weighted by atomic mass is 79.9. The predicted molar refractivity (Wildman–Crippen MR) is 77.5 cm³/mol. The van der Waals surface area contributed by atoms with E-state index in [-0.39, 0.29) is 0 Å². The molecule has 0 bridgehead atoms. The van der Waals surface area contributed by atoms with Gasteiger partial charge in [0.2, 0.25) is 0 Å². The molecule has 0 atom stereocenters. The van der Waals surface area contributed by atoms with Crippen LogP contribution in [0, 0.1) is 0 Å².